The second-order valence-corrected chi connectivity index (χ2v) is 4.25. The molecule has 15 heavy (non-hydrogen) atoms. The number of fused-ring (bicyclic) bond motifs is 3. The molecule has 0 saturated carbocycles. The van der Waals surface area contributed by atoms with E-state index in [4.69, 9.17) is 4.74 Å². The van der Waals surface area contributed by atoms with E-state index in [0.717, 1.165) is 24.9 Å². The van der Waals surface area contributed by atoms with Gasteiger partial charge in [0.2, 0.25) is 0 Å². The zero-order valence-corrected chi connectivity index (χ0v) is 8.40. The largest absolute Gasteiger partial charge is 0.452 e. The number of carbonyl (C=O) groups excluding carboxylic acids is 1. The molecular weight excluding hydrogens is 190 g/mol. The van der Waals surface area contributed by atoms with E-state index < -0.39 is 5.60 Å². The molecule has 2 bridgehead atoms. The van der Waals surface area contributed by atoms with Crippen molar-refractivity contribution in [3.63, 3.8) is 0 Å². The average Bonchev–Trinajstić information content (AvgIpc) is 2.31. The first-order valence-electron chi connectivity index (χ1n) is 5.32. The summed E-state index contributed by atoms with van der Waals surface area (Å²) in [4.78, 5) is 11.5. The van der Waals surface area contributed by atoms with Crippen LogP contribution in [0, 0.1) is 0 Å². The Bertz CT molecular complexity index is 380. The highest BCUT2D eigenvalue weighted by molar-refractivity contribution is 5.78. The van der Waals surface area contributed by atoms with Gasteiger partial charge in [-0.3, -0.25) is 4.79 Å². The fraction of sp³-hybridized carbons (Fsp3) is 0.417. The highest BCUT2D eigenvalue weighted by atomic mass is 16.6. The maximum atomic E-state index is 11.5. The number of rotatable bonds is 1. The number of piperidine rings is 1. The molecule has 3 nitrogen and oxygen atoms in total. The van der Waals surface area contributed by atoms with Gasteiger partial charge in [0.05, 0.1) is 0 Å². The summed E-state index contributed by atoms with van der Waals surface area (Å²) in [5.74, 6) is -0.101. The molecule has 1 aromatic rings. The minimum Gasteiger partial charge on any atom is -0.452 e. The van der Waals surface area contributed by atoms with Crippen LogP contribution >= 0.6 is 0 Å². The van der Waals surface area contributed by atoms with E-state index >= 15 is 0 Å². The van der Waals surface area contributed by atoms with Crippen molar-refractivity contribution in [1.29, 1.82) is 0 Å². The molecule has 0 aromatic heterocycles. The van der Waals surface area contributed by atoms with Crippen LogP contribution in [0.3, 0.4) is 0 Å². The fourth-order valence-electron chi connectivity index (χ4n) is 2.46. The van der Waals surface area contributed by atoms with Crippen molar-refractivity contribution < 1.29 is 9.53 Å². The van der Waals surface area contributed by atoms with Crippen LogP contribution in [0.1, 0.15) is 18.4 Å². The molecule has 1 aromatic carbocycles. The van der Waals surface area contributed by atoms with Gasteiger partial charge in [-0.15, -0.1) is 0 Å². The standard InChI is InChI=1S/C12H13NO2/c14-11-10-6-7-12(15-11,8-13-10)9-4-2-1-3-5-9/h1-5,10,13H,6-8H2. The van der Waals surface area contributed by atoms with E-state index in [9.17, 15) is 4.79 Å². The third kappa shape index (κ3) is 1.27. The van der Waals surface area contributed by atoms with E-state index in [0.29, 0.717) is 0 Å². The number of esters is 1. The van der Waals surface area contributed by atoms with Gasteiger partial charge in [-0.1, -0.05) is 30.3 Å². The second-order valence-electron chi connectivity index (χ2n) is 4.25. The minimum absolute atomic E-state index is 0.0735. The van der Waals surface area contributed by atoms with E-state index in [1.54, 1.807) is 0 Å². The summed E-state index contributed by atoms with van der Waals surface area (Å²) >= 11 is 0. The summed E-state index contributed by atoms with van der Waals surface area (Å²) in [5.41, 5.74) is 0.691. The first-order valence-corrected chi connectivity index (χ1v) is 5.32. The van der Waals surface area contributed by atoms with Gasteiger partial charge >= 0.3 is 5.97 Å². The molecule has 0 aliphatic carbocycles. The van der Waals surface area contributed by atoms with E-state index in [1.165, 1.54) is 0 Å². The van der Waals surface area contributed by atoms with Crippen LogP contribution in [-0.2, 0) is 15.1 Å². The Morgan fingerprint density at radius 2 is 2.13 bits per heavy atom. The lowest BCUT2D eigenvalue weighted by Crippen LogP contribution is -2.60. The van der Waals surface area contributed by atoms with E-state index in [1.807, 2.05) is 30.3 Å². The van der Waals surface area contributed by atoms with Crippen LogP contribution in [0.15, 0.2) is 30.3 Å². The summed E-state index contributed by atoms with van der Waals surface area (Å²) < 4.78 is 5.56. The maximum absolute atomic E-state index is 11.5. The molecule has 3 heterocycles. The molecule has 3 aliphatic heterocycles. The maximum Gasteiger partial charge on any atom is 0.324 e. The van der Waals surface area contributed by atoms with Crippen LogP contribution in [-0.4, -0.2) is 18.6 Å². The van der Waals surface area contributed by atoms with Gasteiger partial charge in [0.1, 0.15) is 11.6 Å². The Labute approximate surface area is 88.4 Å². The molecule has 2 unspecified atom stereocenters. The molecule has 3 fully saturated rings. The molecule has 1 N–H and O–H groups in total. The lowest BCUT2D eigenvalue weighted by Gasteiger charge is -2.45. The third-order valence-electron chi connectivity index (χ3n) is 3.35. The lowest BCUT2D eigenvalue weighted by atomic mass is 9.81. The molecule has 2 atom stereocenters. The average molecular weight is 203 g/mol. The van der Waals surface area contributed by atoms with Crippen LogP contribution in [0.2, 0.25) is 0 Å². The van der Waals surface area contributed by atoms with Crippen molar-refractivity contribution in [1.82, 2.24) is 5.32 Å². The van der Waals surface area contributed by atoms with E-state index in [-0.39, 0.29) is 12.0 Å². The van der Waals surface area contributed by atoms with Gasteiger partial charge < -0.3 is 10.1 Å². The summed E-state index contributed by atoms with van der Waals surface area (Å²) in [6.07, 6.45) is 1.81. The molecule has 78 valence electrons. The molecule has 0 radical (unpaired) electrons. The lowest BCUT2D eigenvalue weighted by molar-refractivity contribution is -0.182. The topological polar surface area (TPSA) is 38.3 Å². The van der Waals surface area contributed by atoms with Gasteiger partial charge in [-0.05, 0) is 18.4 Å². The Kier molecular flexibility index (Phi) is 1.83. The first kappa shape index (κ1) is 8.92. The second kappa shape index (κ2) is 3.07. The zero-order chi connectivity index (χ0) is 10.3. The summed E-state index contributed by atoms with van der Waals surface area (Å²) in [6.45, 7) is 0.743. The van der Waals surface area contributed by atoms with Crippen molar-refractivity contribution >= 4 is 5.97 Å². The Morgan fingerprint density at radius 3 is 2.73 bits per heavy atom. The number of hydrogen-bond acceptors (Lipinski definition) is 3. The number of nitrogens with one attached hydrogen (secondary N) is 1. The SMILES string of the molecule is O=C1OC2(c3ccccc3)CCC1NC2. The number of benzene rings is 1. The van der Waals surface area contributed by atoms with Gasteiger partial charge in [0.25, 0.3) is 0 Å². The van der Waals surface area contributed by atoms with Crippen LogP contribution < -0.4 is 5.32 Å². The molecule has 3 saturated heterocycles. The fourth-order valence-corrected chi connectivity index (χ4v) is 2.46. The predicted molar refractivity (Wildman–Crippen MR) is 55.2 cm³/mol. The highest BCUT2D eigenvalue weighted by Crippen LogP contribution is 2.38. The predicted octanol–water partition coefficient (Wildman–Crippen LogP) is 1.19. The van der Waals surface area contributed by atoms with Crippen molar-refractivity contribution in [2.75, 3.05) is 6.54 Å². The molecule has 3 aliphatic rings. The van der Waals surface area contributed by atoms with Gasteiger partial charge in [0.15, 0.2) is 0 Å². The highest BCUT2D eigenvalue weighted by Gasteiger charge is 2.48. The van der Waals surface area contributed by atoms with Gasteiger partial charge in [-0.25, -0.2) is 0 Å². The Morgan fingerprint density at radius 1 is 1.33 bits per heavy atom. The molecule has 4 rings (SSSR count). The van der Waals surface area contributed by atoms with E-state index in [2.05, 4.69) is 5.32 Å². The Hall–Kier alpha value is -1.35. The molecule has 3 heteroatoms. The number of carbonyl (C=O) groups is 1. The summed E-state index contributed by atoms with van der Waals surface area (Å²) in [5, 5.41) is 3.23. The number of morpholine rings is 1. The molecular formula is C12H13NO2. The zero-order valence-electron chi connectivity index (χ0n) is 8.40. The minimum atomic E-state index is -0.410. The van der Waals surface area contributed by atoms with Crippen LogP contribution in [0.5, 0.6) is 0 Å². The summed E-state index contributed by atoms with van der Waals surface area (Å²) in [6, 6.07) is 9.93. The third-order valence-corrected chi connectivity index (χ3v) is 3.35. The quantitative estimate of drug-likeness (QED) is 0.697. The van der Waals surface area contributed by atoms with Crippen LogP contribution in [0.4, 0.5) is 0 Å². The normalized spacial score (nSPS) is 33.9. The molecule has 0 amide bonds. The molecule has 0 spiro atoms. The Balaban J connectivity index is 2.00. The van der Waals surface area contributed by atoms with Crippen molar-refractivity contribution in [2.45, 2.75) is 24.5 Å². The van der Waals surface area contributed by atoms with Gasteiger partial charge in [-0.2, -0.15) is 0 Å². The van der Waals surface area contributed by atoms with Crippen LogP contribution in [0.25, 0.3) is 0 Å². The van der Waals surface area contributed by atoms with Crippen molar-refractivity contribution in [3.05, 3.63) is 35.9 Å². The smallest absolute Gasteiger partial charge is 0.324 e. The van der Waals surface area contributed by atoms with Gasteiger partial charge in [0, 0.05) is 6.54 Å². The van der Waals surface area contributed by atoms with Crippen molar-refractivity contribution in [3.8, 4) is 0 Å². The first-order chi connectivity index (χ1) is 7.30. The van der Waals surface area contributed by atoms with Crippen molar-refractivity contribution in [2.24, 2.45) is 0 Å². The number of ether oxygens (including phenoxy) is 1. The monoisotopic (exact) mass is 203 g/mol. The number of hydrogen-bond donors (Lipinski definition) is 1. The summed E-state index contributed by atoms with van der Waals surface area (Å²) in [7, 11) is 0.